The van der Waals surface area contributed by atoms with Gasteiger partial charge >= 0.3 is 0 Å². The number of carbonyl (C=O) groups excluding carboxylic acids is 1. The fraction of sp³-hybridized carbons (Fsp3) is 0.167. The van der Waals surface area contributed by atoms with Crippen LogP contribution < -0.4 is 10.1 Å². The van der Waals surface area contributed by atoms with Crippen molar-refractivity contribution < 1.29 is 18.4 Å². The predicted molar refractivity (Wildman–Crippen MR) is 89.6 cm³/mol. The minimum atomic E-state index is -0.813. The molecule has 3 aromatic rings. The number of rotatable bonds is 5. The van der Waals surface area contributed by atoms with Crippen molar-refractivity contribution in [1.82, 2.24) is 10.1 Å². The number of amides is 1. The number of benzene rings is 2. The van der Waals surface area contributed by atoms with Crippen LogP contribution >= 0.6 is 0 Å². The van der Waals surface area contributed by atoms with Crippen LogP contribution in [0.3, 0.4) is 0 Å². The van der Waals surface area contributed by atoms with Gasteiger partial charge in [-0.05, 0) is 55.4 Å². The van der Waals surface area contributed by atoms with Gasteiger partial charge in [-0.2, -0.15) is 4.98 Å². The topological polar surface area (TPSA) is 77.2 Å². The predicted octanol–water partition coefficient (Wildman–Crippen LogP) is 3.59. The second-order valence-electron chi connectivity index (χ2n) is 5.49. The maximum absolute atomic E-state index is 12.9. The fourth-order valence-corrected chi connectivity index (χ4v) is 2.07. The van der Waals surface area contributed by atoms with Gasteiger partial charge in [-0.1, -0.05) is 17.7 Å². The van der Waals surface area contributed by atoms with Gasteiger partial charge in [0.25, 0.3) is 17.7 Å². The third-order valence-corrected chi connectivity index (χ3v) is 3.46. The van der Waals surface area contributed by atoms with E-state index < -0.39 is 12.0 Å². The van der Waals surface area contributed by atoms with Crippen molar-refractivity contribution in [2.24, 2.45) is 0 Å². The molecule has 1 aromatic heterocycles. The molecular formula is C18H16FN3O3. The number of hydrogen-bond donors (Lipinski definition) is 1. The van der Waals surface area contributed by atoms with E-state index in [0.29, 0.717) is 11.6 Å². The van der Waals surface area contributed by atoms with E-state index in [-0.39, 0.29) is 11.8 Å². The molecule has 0 fully saturated rings. The minimum absolute atomic E-state index is 0.0510. The standard InChI is InChI=1S/C18H16FN3O3/c1-11-3-5-13(6-4-11)17-21-18(22-25-17)20-16(23)12(2)24-15-9-7-14(19)8-10-15/h3-10,12H,1-2H3,(H,20,22,23). The summed E-state index contributed by atoms with van der Waals surface area (Å²) in [6.45, 7) is 3.55. The quantitative estimate of drug-likeness (QED) is 0.767. The van der Waals surface area contributed by atoms with Gasteiger partial charge < -0.3 is 9.26 Å². The lowest BCUT2D eigenvalue weighted by Gasteiger charge is -2.13. The Balaban J connectivity index is 1.62. The van der Waals surface area contributed by atoms with Gasteiger partial charge in [0, 0.05) is 5.56 Å². The van der Waals surface area contributed by atoms with Gasteiger partial charge in [0.2, 0.25) is 0 Å². The first-order valence-electron chi connectivity index (χ1n) is 7.65. The average molecular weight is 341 g/mol. The SMILES string of the molecule is Cc1ccc(-c2nc(NC(=O)C(C)Oc3ccc(F)cc3)no2)cc1. The maximum Gasteiger partial charge on any atom is 0.270 e. The Morgan fingerprint density at radius 3 is 2.52 bits per heavy atom. The van der Waals surface area contributed by atoms with Crippen LogP contribution in [0.5, 0.6) is 5.75 Å². The highest BCUT2D eigenvalue weighted by Gasteiger charge is 2.18. The Hall–Kier alpha value is -3.22. The van der Waals surface area contributed by atoms with Crippen LogP contribution in [-0.2, 0) is 4.79 Å². The van der Waals surface area contributed by atoms with E-state index in [2.05, 4.69) is 15.5 Å². The van der Waals surface area contributed by atoms with E-state index >= 15 is 0 Å². The third-order valence-electron chi connectivity index (χ3n) is 3.46. The zero-order chi connectivity index (χ0) is 17.8. The Morgan fingerprint density at radius 1 is 1.16 bits per heavy atom. The summed E-state index contributed by atoms with van der Waals surface area (Å²) in [5.41, 5.74) is 1.87. The summed E-state index contributed by atoms with van der Waals surface area (Å²) in [5.74, 6) is -0.0736. The van der Waals surface area contributed by atoms with Crippen molar-refractivity contribution in [3.05, 3.63) is 59.9 Å². The lowest BCUT2D eigenvalue weighted by atomic mass is 10.1. The Kier molecular flexibility index (Phi) is 4.74. The lowest BCUT2D eigenvalue weighted by molar-refractivity contribution is -0.122. The summed E-state index contributed by atoms with van der Waals surface area (Å²) >= 11 is 0. The van der Waals surface area contributed by atoms with E-state index in [0.717, 1.165) is 11.1 Å². The summed E-state index contributed by atoms with van der Waals surface area (Å²) < 4.78 is 23.5. The normalized spacial score (nSPS) is 11.8. The number of hydrogen-bond acceptors (Lipinski definition) is 5. The van der Waals surface area contributed by atoms with E-state index in [1.807, 2.05) is 31.2 Å². The number of halogens is 1. The number of nitrogens with one attached hydrogen (secondary N) is 1. The highest BCUT2D eigenvalue weighted by molar-refractivity contribution is 5.92. The van der Waals surface area contributed by atoms with Crippen LogP contribution in [0.15, 0.2) is 53.1 Å². The summed E-state index contributed by atoms with van der Waals surface area (Å²) in [4.78, 5) is 16.3. The maximum atomic E-state index is 12.9. The first-order chi connectivity index (χ1) is 12.0. The van der Waals surface area contributed by atoms with Crippen molar-refractivity contribution in [1.29, 1.82) is 0 Å². The molecule has 1 amide bonds. The van der Waals surface area contributed by atoms with Crippen LogP contribution in [0.25, 0.3) is 11.5 Å². The lowest BCUT2D eigenvalue weighted by Crippen LogP contribution is -2.30. The number of carbonyl (C=O) groups is 1. The average Bonchev–Trinajstić information content (AvgIpc) is 3.06. The highest BCUT2D eigenvalue weighted by Crippen LogP contribution is 2.19. The van der Waals surface area contributed by atoms with Crippen LogP contribution in [0.4, 0.5) is 10.3 Å². The molecule has 25 heavy (non-hydrogen) atoms. The molecule has 1 unspecified atom stereocenters. The fourth-order valence-electron chi connectivity index (χ4n) is 2.07. The number of ether oxygens (including phenoxy) is 1. The first kappa shape index (κ1) is 16.6. The van der Waals surface area contributed by atoms with E-state index in [9.17, 15) is 9.18 Å². The summed E-state index contributed by atoms with van der Waals surface area (Å²) in [5, 5.41) is 6.25. The molecule has 1 heterocycles. The number of nitrogens with zero attached hydrogens (tertiary/aromatic N) is 2. The summed E-state index contributed by atoms with van der Waals surface area (Å²) in [7, 11) is 0. The molecule has 0 saturated carbocycles. The Bertz CT molecular complexity index is 860. The van der Waals surface area contributed by atoms with Gasteiger partial charge in [0.1, 0.15) is 11.6 Å². The number of aromatic nitrogens is 2. The molecule has 0 bridgehead atoms. The molecular weight excluding hydrogens is 325 g/mol. The van der Waals surface area contributed by atoms with Crippen molar-refractivity contribution in [2.75, 3.05) is 5.32 Å². The molecule has 0 aliphatic rings. The van der Waals surface area contributed by atoms with Crippen molar-refractivity contribution in [2.45, 2.75) is 20.0 Å². The van der Waals surface area contributed by atoms with Gasteiger partial charge in [-0.25, -0.2) is 4.39 Å². The molecule has 6 nitrogen and oxygen atoms in total. The van der Waals surface area contributed by atoms with E-state index in [1.165, 1.54) is 24.3 Å². The second kappa shape index (κ2) is 7.12. The van der Waals surface area contributed by atoms with Crippen molar-refractivity contribution in [3.8, 4) is 17.2 Å². The molecule has 1 atom stereocenters. The number of anilines is 1. The van der Waals surface area contributed by atoms with Crippen LogP contribution in [-0.4, -0.2) is 22.2 Å². The molecule has 128 valence electrons. The first-order valence-corrected chi connectivity index (χ1v) is 7.65. The van der Waals surface area contributed by atoms with Crippen LogP contribution in [0, 0.1) is 12.7 Å². The van der Waals surface area contributed by atoms with Gasteiger partial charge in [-0.3, -0.25) is 10.1 Å². The van der Waals surface area contributed by atoms with Gasteiger partial charge in [0.15, 0.2) is 6.10 Å². The molecule has 0 saturated heterocycles. The van der Waals surface area contributed by atoms with Crippen molar-refractivity contribution >= 4 is 11.9 Å². The third kappa shape index (κ3) is 4.20. The Morgan fingerprint density at radius 2 is 1.84 bits per heavy atom. The van der Waals surface area contributed by atoms with Gasteiger partial charge in [0.05, 0.1) is 0 Å². The minimum Gasteiger partial charge on any atom is -0.481 e. The zero-order valence-electron chi connectivity index (χ0n) is 13.7. The number of aryl methyl sites for hydroxylation is 1. The highest BCUT2D eigenvalue weighted by atomic mass is 19.1. The summed E-state index contributed by atoms with van der Waals surface area (Å²) in [6, 6.07) is 13.0. The molecule has 0 spiro atoms. The molecule has 7 heteroatoms. The molecule has 2 aromatic carbocycles. The van der Waals surface area contributed by atoms with E-state index in [1.54, 1.807) is 6.92 Å². The molecule has 0 aliphatic heterocycles. The van der Waals surface area contributed by atoms with Crippen molar-refractivity contribution in [3.63, 3.8) is 0 Å². The zero-order valence-corrected chi connectivity index (χ0v) is 13.7. The molecule has 1 N–H and O–H groups in total. The van der Waals surface area contributed by atoms with Gasteiger partial charge in [-0.15, -0.1) is 0 Å². The van der Waals surface area contributed by atoms with Crippen LogP contribution in [0.1, 0.15) is 12.5 Å². The van der Waals surface area contributed by atoms with Crippen LogP contribution in [0.2, 0.25) is 0 Å². The molecule has 3 rings (SSSR count). The monoisotopic (exact) mass is 341 g/mol. The smallest absolute Gasteiger partial charge is 0.270 e. The largest absolute Gasteiger partial charge is 0.481 e. The Labute approximate surface area is 143 Å². The molecule has 0 radical (unpaired) electrons. The second-order valence-corrected chi connectivity index (χ2v) is 5.49. The molecule has 0 aliphatic carbocycles. The summed E-state index contributed by atoms with van der Waals surface area (Å²) in [6.07, 6.45) is -0.813. The van der Waals surface area contributed by atoms with E-state index in [4.69, 9.17) is 9.26 Å².